The van der Waals surface area contributed by atoms with Gasteiger partial charge in [0, 0.05) is 65.5 Å². The Morgan fingerprint density at radius 1 is 0.259 bits per heavy atom. The maximum atomic E-state index is 5.56. The van der Waals surface area contributed by atoms with E-state index in [1.807, 2.05) is 0 Å². The van der Waals surface area contributed by atoms with Gasteiger partial charge in [-0.1, -0.05) is 210 Å². The van der Waals surface area contributed by atoms with Crippen molar-refractivity contribution in [1.29, 1.82) is 0 Å². The van der Waals surface area contributed by atoms with Crippen molar-refractivity contribution in [3.05, 3.63) is 283 Å². The van der Waals surface area contributed by atoms with Gasteiger partial charge in [0.05, 0.1) is 44.3 Å². The Balaban J connectivity index is 0.810. The number of aromatic nitrogens is 5. The number of para-hydroxylation sites is 3. The summed E-state index contributed by atoms with van der Waals surface area (Å²) in [4.78, 5) is 11.0. The van der Waals surface area contributed by atoms with E-state index in [0.717, 1.165) is 66.2 Å². The molecular formula is C80H55N5. The minimum absolute atomic E-state index is 0.106. The third-order valence-electron chi connectivity index (χ3n) is 19.3. The molecule has 2 aliphatic carbocycles. The van der Waals surface area contributed by atoms with Gasteiger partial charge >= 0.3 is 0 Å². The van der Waals surface area contributed by atoms with Gasteiger partial charge in [-0.15, -0.1) is 0 Å². The molecule has 0 atom stereocenters. The Morgan fingerprint density at radius 3 is 1.21 bits per heavy atom. The van der Waals surface area contributed by atoms with Crippen molar-refractivity contribution in [3.8, 4) is 73.1 Å². The minimum Gasteiger partial charge on any atom is -0.309 e. The first kappa shape index (κ1) is 48.0. The van der Waals surface area contributed by atoms with Gasteiger partial charge in [0.1, 0.15) is 0 Å². The summed E-state index contributed by atoms with van der Waals surface area (Å²) in [6, 6.07) is 96.5. The van der Waals surface area contributed by atoms with Gasteiger partial charge in [-0.25, -0.2) is 9.97 Å². The lowest BCUT2D eigenvalue weighted by Gasteiger charge is -2.22. The van der Waals surface area contributed by atoms with E-state index in [2.05, 4.69) is 302 Å². The van der Waals surface area contributed by atoms with E-state index in [4.69, 9.17) is 9.97 Å². The van der Waals surface area contributed by atoms with Crippen LogP contribution in [0.25, 0.3) is 149 Å². The fourth-order valence-corrected chi connectivity index (χ4v) is 15.1. The third-order valence-corrected chi connectivity index (χ3v) is 19.3. The molecule has 0 amide bonds. The van der Waals surface area contributed by atoms with E-state index >= 15 is 0 Å². The topological polar surface area (TPSA) is 40.6 Å². The van der Waals surface area contributed by atoms with Crippen molar-refractivity contribution in [2.75, 3.05) is 0 Å². The van der Waals surface area contributed by atoms with E-state index in [-0.39, 0.29) is 10.8 Å². The number of hydrogen-bond donors (Lipinski definition) is 0. The molecule has 85 heavy (non-hydrogen) atoms. The van der Waals surface area contributed by atoms with Crippen molar-refractivity contribution in [2.24, 2.45) is 0 Å². The van der Waals surface area contributed by atoms with Crippen LogP contribution in [-0.4, -0.2) is 23.7 Å². The van der Waals surface area contributed by atoms with E-state index in [1.54, 1.807) is 0 Å². The SMILES string of the molecule is CC1(C)c2ccccc2-c2ccc(-n3c4ccccc4c4cc(-c5ccc6c7ccc(-c8ccc9c(c8)c8ccccc8n9-c8ccc9c(c8)C(C)(C)c8ccccc8-9)cc7n(-c7nc(-c8ccccc8)c8ccccc8n7)c6c5)ccc43)cc21. The van der Waals surface area contributed by atoms with Crippen molar-refractivity contribution < 1.29 is 0 Å². The predicted octanol–water partition coefficient (Wildman–Crippen LogP) is 20.5. The zero-order chi connectivity index (χ0) is 56.4. The van der Waals surface area contributed by atoms with Crippen molar-refractivity contribution in [2.45, 2.75) is 38.5 Å². The van der Waals surface area contributed by atoms with Crippen LogP contribution in [0.1, 0.15) is 49.9 Å². The number of rotatable bonds is 6. The van der Waals surface area contributed by atoms with Crippen molar-refractivity contribution in [3.63, 3.8) is 0 Å². The van der Waals surface area contributed by atoms with E-state index < -0.39 is 0 Å². The highest BCUT2D eigenvalue weighted by Crippen LogP contribution is 2.52. The fourth-order valence-electron chi connectivity index (χ4n) is 15.1. The van der Waals surface area contributed by atoms with Crippen LogP contribution in [0.5, 0.6) is 0 Å². The molecule has 18 rings (SSSR count). The summed E-state index contributed by atoms with van der Waals surface area (Å²) in [6.07, 6.45) is 0. The smallest absolute Gasteiger partial charge is 0.235 e. The Kier molecular flexibility index (Phi) is 9.85. The second-order valence-corrected chi connectivity index (χ2v) is 24.5. The average Bonchev–Trinajstić information content (AvgIpc) is 3.01. The standard InChI is InChI=1S/C80H55N5/c1-79(2)66-25-13-8-20-55(66)57-38-34-53(46-68(57)79)83-71-28-16-11-22-59(71)64-42-49(32-40-73(64)83)51-30-36-61-62-37-31-52(45-76(62)85(75(61)44-51)78-81-70-27-15-10-24-63(70)77(82-78)48-18-6-5-7-19-48)50-33-41-74-65(43-50)60-23-12-17-29-72(60)84(74)54-35-39-58-56-21-9-14-26-67(56)80(3,4)69(58)47-54/h5-47H,1-4H3. The molecule has 0 bridgehead atoms. The zero-order valence-corrected chi connectivity index (χ0v) is 47.6. The summed E-state index contributed by atoms with van der Waals surface area (Å²) in [7, 11) is 0. The first-order valence-corrected chi connectivity index (χ1v) is 29.6. The molecule has 5 nitrogen and oxygen atoms in total. The zero-order valence-electron chi connectivity index (χ0n) is 47.6. The monoisotopic (exact) mass is 1090 g/mol. The Hall–Kier alpha value is -10.6. The molecule has 0 unspecified atom stereocenters. The van der Waals surface area contributed by atoms with Gasteiger partial charge < -0.3 is 9.13 Å². The number of benzene rings is 12. The summed E-state index contributed by atoms with van der Waals surface area (Å²) in [6.45, 7) is 9.44. The summed E-state index contributed by atoms with van der Waals surface area (Å²) >= 11 is 0. The van der Waals surface area contributed by atoms with Gasteiger partial charge in [0.2, 0.25) is 5.95 Å². The van der Waals surface area contributed by atoms with Crippen LogP contribution >= 0.6 is 0 Å². The molecule has 400 valence electrons. The summed E-state index contributed by atoms with van der Waals surface area (Å²) in [5, 5.41) is 8.18. The van der Waals surface area contributed by atoms with Crippen LogP contribution < -0.4 is 0 Å². The normalized spacial score (nSPS) is 13.8. The first-order chi connectivity index (χ1) is 41.7. The molecule has 5 heteroatoms. The van der Waals surface area contributed by atoms with E-state index in [9.17, 15) is 0 Å². The van der Waals surface area contributed by atoms with Gasteiger partial charge in [-0.3, -0.25) is 4.57 Å². The third kappa shape index (κ3) is 6.81. The first-order valence-electron chi connectivity index (χ1n) is 29.6. The number of fused-ring (bicyclic) bond motifs is 16. The average molecular weight is 1090 g/mol. The highest BCUT2D eigenvalue weighted by Gasteiger charge is 2.37. The highest BCUT2D eigenvalue weighted by atomic mass is 15.2. The van der Waals surface area contributed by atoms with Gasteiger partial charge in [-0.2, -0.15) is 0 Å². The molecule has 4 aromatic heterocycles. The second kappa shape index (κ2) is 17.5. The van der Waals surface area contributed by atoms with E-state index in [1.165, 1.54) is 99.5 Å². The van der Waals surface area contributed by atoms with Gasteiger partial charge in [0.25, 0.3) is 0 Å². The minimum atomic E-state index is -0.106. The Bertz CT molecular complexity index is 5270. The quantitative estimate of drug-likeness (QED) is 0.166. The van der Waals surface area contributed by atoms with Crippen LogP contribution in [0.4, 0.5) is 0 Å². The van der Waals surface area contributed by atoms with Crippen LogP contribution in [-0.2, 0) is 10.8 Å². The molecule has 0 saturated heterocycles. The molecule has 0 N–H and O–H groups in total. The molecule has 0 aliphatic heterocycles. The van der Waals surface area contributed by atoms with Gasteiger partial charge in [0.15, 0.2) is 0 Å². The molecule has 4 heterocycles. The van der Waals surface area contributed by atoms with Crippen LogP contribution in [0.2, 0.25) is 0 Å². The maximum Gasteiger partial charge on any atom is 0.235 e. The number of hydrogen-bond acceptors (Lipinski definition) is 2. The van der Waals surface area contributed by atoms with Crippen LogP contribution in [0, 0.1) is 0 Å². The molecule has 2 aliphatic rings. The molecule has 0 fully saturated rings. The molecule has 0 saturated carbocycles. The largest absolute Gasteiger partial charge is 0.309 e. The Morgan fingerprint density at radius 2 is 0.671 bits per heavy atom. The molecule has 0 spiro atoms. The van der Waals surface area contributed by atoms with Crippen molar-refractivity contribution >= 4 is 76.3 Å². The molecule has 0 radical (unpaired) electrons. The molecule has 16 aromatic rings. The van der Waals surface area contributed by atoms with Crippen LogP contribution in [0.3, 0.4) is 0 Å². The molecule has 12 aromatic carbocycles. The van der Waals surface area contributed by atoms with Crippen LogP contribution in [0.15, 0.2) is 261 Å². The lowest BCUT2D eigenvalue weighted by Crippen LogP contribution is -2.15. The summed E-state index contributed by atoms with van der Waals surface area (Å²) < 4.78 is 7.22. The Labute approximate surface area is 492 Å². The predicted molar refractivity (Wildman–Crippen MR) is 354 cm³/mol. The number of nitrogens with zero attached hydrogens (tertiary/aromatic N) is 5. The lowest BCUT2D eigenvalue weighted by molar-refractivity contribution is 0.660. The molecular weight excluding hydrogens is 1030 g/mol. The fraction of sp³-hybridized carbons (Fsp3) is 0.0750. The second-order valence-electron chi connectivity index (χ2n) is 24.5. The van der Waals surface area contributed by atoms with E-state index in [0.29, 0.717) is 5.95 Å². The van der Waals surface area contributed by atoms with Crippen molar-refractivity contribution in [1.82, 2.24) is 23.7 Å². The summed E-state index contributed by atoms with van der Waals surface area (Å²) in [5.41, 5.74) is 27.2. The maximum absolute atomic E-state index is 5.56. The lowest BCUT2D eigenvalue weighted by atomic mass is 9.82. The highest BCUT2D eigenvalue weighted by molar-refractivity contribution is 6.14. The summed E-state index contributed by atoms with van der Waals surface area (Å²) in [5.74, 6) is 0.630. The van der Waals surface area contributed by atoms with Gasteiger partial charge in [-0.05, 0) is 146 Å².